The quantitative estimate of drug-likeness (QED) is 0.608. The highest BCUT2D eigenvalue weighted by Crippen LogP contribution is 2.29. The molecule has 0 N–H and O–H groups in total. The molecule has 0 aliphatic rings. The van der Waals surface area contributed by atoms with Crippen molar-refractivity contribution >= 4 is 6.21 Å². The fraction of sp³-hybridized carbons (Fsp3) is 0.133. The van der Waals surface area contributed by atoms with Crippen molar-refractivity contribution in [1.29, 1.82) is 0 Å². The Balaban J connectivity index is 1.87. The molecule has 0 atom stereocenters. The van der Waals surface area contributed by atoms with E-state index in [1.165, 1.54) is 12.1 Å². The van der Waals surface area contributed by atoms with Crippen LogP contribution in [0.5, 0.6) is 0 Å². The maximum absolute atomic E-state index is 12.4. The van der Waals surface area contributed by atoms with Gasteiger partial charge in [-0.1, -0.05) is 47.6 Å². The van der Waals surface area contributed by atoms with E-state index in [0.717, 1.165) is 17.7 Å². The molecule has 0 aromatic heterocycles. The molecular weight excluding hydrogens is 267 g/mol. The van der Waals surface area contributed by atoms with Gasteiger partial charge in [-0.05, 0) is 17.7 Å². The lowest BCUT2D eigenvalue weighted by Gasteiger charge is -2.06. The summed E-state index contributed by atoms with van der Waals surface area (Å²) in [5.74, 6) is 0. The molecule has 0 spiro atoms. The molecule has 2 aromatic rings. The van der Waals surface area contributed by atoms with Gasteiger partial charge in [0.1, 0.15) is 12.8 Å². The molecule has 0 aliphatic carbocycles. The minimum Gasteiger partial charge on any atom is -0.390 e. The molecule has 5 heteroatoms. The molecule has 0 fully saturated rings. The van der Waals surface area contributed by atoms with Crippen molar-refractivity contribution in [2.75, 3.05) is 0 Å². The van der Waals surface area contributed by atoms with Crippen molar-refractivity contribution in [3.8, 4) is 0 Å². The molecule has 2 rings (SSSR count). The van der Waals surface area contributed by atoms with Crippen LogP contribution in [-0.2, 0) is 17.6 Å². The number of alkyl halides is 3. The third kappa shape index (κ3) is 4.12. The fourth-order valence-corrected chi connectivity index (χ4v) is 1.49. The first kappa shape index (κ1) is 14.1. The Bertz CT molecular complexity index is 562. The van der Waals surface area contributed by atoms with Crippen LogP contribution in [0.25, 0.3) is 0 Å². The van der Waals surface area contributed by atoms with Crippen LogP contribution in [-0.4, -0.2) is 6.21 Å². The van der Waals surface area contributed by atoms with Gasteiger partial charge in [-0.2, -0.15) is 13.2 Å². The molecule has 0 saturated carbocycles. The van der Waals surface area contributed by atoms with E-state index in [9.17, 15) is 13.2 Å². The van der Waals surface area contributed by atoms with Crippen molar-refractivity contribution in [3.63, 3.8) is 0 Å². The highest BCUT2D eigenvalue weighted by atomic mass is 19.4. The first-order valence-electron chi connectivity index (χ1n) is 5.85. The number of halogens is 3. The molecule has 2 aromatic carbocycles. The van der Waals surface area contributed by atoms with Crippen LogP contribution in [0.1, 0.15) is 16.7 Å². The molecule has 0 saturated heterocycles. The van der Waals surface area contributed by atoms with Crippen LogP contribution in [0.2, 0.25) is 0 Å². The highest BCUT2D eigenvalue weighted by molar-refractivity contribution is 5.78. The summed E-state index contributed by atoms with van der Waals surface area (Å²) in [5, 5.41) is 3.64. The molecule has 2 nitrogen and oxygen atoms in total. The summed E-state index contributed by atoms with van der Waals surface area (Å²) in [6.45, 7) is 0.0952. The van der Waals surface area contributed by atoms with Gasteiger partial charge in [0.2, 0.25) is 0 Å². The predicted molar refractivity (Wildman–Crippen MR) is 69.2 cm³/mol. The molecule has 0 unspecified atom stereocenters. The van der Waals surface area contributed by atoms with Gasteiger partial charge in [-0.15, -0.1) is 0 Å². The van der Waals surface area contributed by atoms with Gasteiger partial charge in [0.25, 0.3) is 0 Å². The summed E-state index contributed by atoms with van der Waals surface area (Å²) in [7, 11) is 0. The molecule has 0 heterocycles. The lowest BCUT2D eigenvalue weighted by Crippen LogP contribution is -2.04. The monoisotopic (exact) mass is 278 g/mol. The van der Waals surface area contributed by atoms with E-state index in [-0.39, 0.29) is 6.61 Å². The lowest BCUT2D eigenvalue weighted by molar-refractivity contribution is -0.137. The van der Waals surface area contributed by atoms with Crippen molar-refractivity contribution in [1.82, 2.24) is 0 Å². The molecule has 0 bridgehead atoms. The highest BCUT2D eigenvalue weighted by Gasteiger charge is 2.29. The summed E-state index contributed by atoms with van der Waals surface area (Å²) in [6, 6.07) is 13.9. The van der Waals surface area contributed by atoms with Gasteiger partial charge >= 0.3 is 6.18 Å². The van der Waals surface area contributed by atoms with E-state index in [1.54, 1.807) is 0 Å². The van der Waals surface area contributed by atoms with Gasteiger partial charge in [0.05, 0.1) is 5.56 Å². The minimum atomic E-state index is -4.32. The van der Waals surface area contributed by atoms with E-state index in [0.29, 0.717) is 5.56 Å². The zero-order valence-corrected chi connectivity index (χ0v) is 10.4. The Morgan fingerprint density at radius 1 is 0.950 bits per heavy atom. The second kappa shape index (κ2) is 6.23. The maximum Gasteiger partial charge on any atom is 0.416 e. The van der Waals surface area contributed by atoms with Crippen molar-refractivity contribution in [2.45, 2.75) is 12.8 Å². The van der Waals surface area contributed by atoms with Gasteiger partial charge in [0, 0.05) is 5.56 Å². The Labute approximate surface area is 114 Å². The van der Waals surface area contributed by atoms with E-state index in [2.05, 4.69) is 11.4 Å². The molecule has 0 amide bonds. The first-order chi connectivity index (χ1) is 9.55. The predicted octanol–water partition coefficient (Wildman–Crippen LogP) is 4.13. The van der Waals surface area contributed by atoms with E-state index in [1.807, 2.05) is 30.3 Å². The average molecular weight is 278 g/mol. The van der Waals surface area contributed by atoms with Crippen molar-refractivity contribution in [3.05, 3.63) is 71.3 Å². The summed E-state index contributed by atoms with van der Waals surface area (Å²) in [4.78, 5) is 4.98. The summed E-state index contributed by atoms with van der Waals surface area (Å²) < 4.78 is 37.1. The summed E-state index contributed by atoms with van der Waals surface area (Å²) in [6.07, 6.45) is -1.65. The maximum atomic E-state index is 12.4. The normalized spacial score (nSPS) is 11.8. The number of rotatable bonds is 4. The lowest BCUT2D eigenvalue weighted by atomic mass is 10.1. The van der Waals surface area contributed by atoms with Gasteiger partial charge in [0.15, 0.2) is 0 Å². The van der Waals surface area contributed by atoms with Gasteiger partial charge < -0.3 is 4.84 Å². The number of hydrogen-bond acceptors (Lipinski definition) is 2. The van der Waals surface area contributed by atoms with E-state index < -0.39 is 11.7 Å². The fourth-order valence-electron chi connectivity index (χ4n) is 1.49. The number of benzene rings is 2. The van der Waals surface area contributed by atoms with E-state index in [4.69, 9.17) is 4.84 Å². The standard InChI is InChI=1S/C15H11F3NO/c16-15(17,18)14-8-6-13(7-9-14)11-20-19-10-12-4-2-1-3-5-12/h1-9H,11H2. The van der Waals surface area contributed by atoms with Crippen LogP contribution in [0, 0.1) is 0 Å². The molecule has 1 radical (unpaired) electrons. The third-order valence-corrected chi connectivity index (χ3v) is 2.53. The first-order valence-corrected chi connectivity index (χ1v) is 5.85. The van der Waals surface area contributed by atoms with Crippen molar-refractivity contribution < 1.29 is 18.0 Å². The smallest absolute Gasteiger partial charge is 0.390 e. The molecule has 20 heavy (non-hydrogen) atoms. The summed E-state index contributed by atoms with van der Waals surface area (Å²) in [5.41, 5.74) is 0.692. The van der Waals surface area contributed by atoms with E-state index >= 15 is 0 Å². The Morgan fingerprint density at radius 2 is 1.60 bits per heavy atom. The molecule has 103 valence electrons. The molecular formula is C15H11F3NO. The SMILES string of the molecule is FC(F)(F)c1ccc(CO/N=[C]\c2ccccc2)cc1. The second-order valence-electron chi connectivity index (χ2n) is 4.04. The van der Waals surface area contributed by atoms with Crippen LogP contribution < -0.4 is 0 Å². The Kier molecular flexibility index (Phi) is 4.40. The van der Waals surface area contributed by atoms with Crippen LogP contribution >= 0.6 is 0 Å². The average Bonchev–Trinajstić information content (AvgIpc) is 2.44. The minimum absolute atomic E-state index is 0.0952. The zero-order chi connectivity index (χ0) is 14.4. The van der Waals surface area contributed by atoms with Crippen molar-refractivity contribution in [2.24, 2.45) is 5.16 Å². The topological polar surface area (TPSA) is 21.6 Å². The summed E-state index contributed by atoms with van der Waals surface area (Å²) >= 11 is 0. The second-order valence-corrected chi connectivity index (χ2v) is 4.04. The number of nitrogens with zero attached hydrogens (tertiary/aromatic N) is 1. The number of hydrogen-bond donors (Lipinski definition) is 0. The van der Waals surface area contributed by atoms with Crippen LogP contribution in [0.3, 0.4) is 0 Å². The zero-order valence-electron chi connectivity index (χ0n) is 10.4. The van der Waals surface area contributed by atoms with Crippen LogP contribution in [0.15, 0.2) is 59.8 Å². The van der Waals surface area contributed by atoms with Crippen LogP contribution in [0.4, 0.5) is 13.2 Å². The third-order valence-electron chi connectivity index (χ3n) is 2.53. The molecule has 0 aliphatic heterocycles. The Morgan fingerprint density at radius 3 is 2.20 bits per heavy atom. The van der Waals surface area contributed by atoms with Gasteiger partial charge in [-0.3, -0.25) is 0 Å². The van der Waals surface area contributed by atoms with Gasteiger partial charge in [-0.25, -0.2) is 0 Å². The Hall–Kier alpha value is -2.30. The largest absolute Gasteiger partial charge is 0.416 e.